The number of carbonyl (C=O) groups excluding carboxylic acids is 1. The molecule has 1 aromatic rings. The van der Waals surface area contributed by atoms with Gasteiger partial charge in [-0.1, -0.05) is 0 Å². The number of hydrogen-bond donors (Lipinski definition) is 0. The lowest BCUT2D eigenvalue weighted by atomic mass is 10.2. The van der Waals surface area contributed by atoms with Crippen molar-refractivity contribution in [3.05, 3.63) is 33.6 Å². The summed E-state index contributed by atoms with van der Waals surface area (Å²) in [5, 5.41) is 10.7. The van der Waals surface area contributed by atoms with Crippen LogP contribution in [0.1, 0.15) is 18.4 Å². The first-order chi connectivity index (χ1) is 9.25. The first-order valence-corrected chi connectivity index (χ1v) is 7.19. The van der Waals surface area contributed by atoms with Crippen molar-refractivity contribution in [3.63, 3.8) is 0 Å². The molecule has 2 rings (SSSR count). The third-order valence-corrected chi connectivity index (χ3v) is 5.00. The predicted molar refractivity (Wildman–Crippen MR) is 65.9 cm³/mol. The van der Waals surface area contributed by atoms with Crippen LogP contribution in [-0.2, 0) is 14.8 Å². The molecule has 0 spiro atoms. The monoisotopic (exact) mass is 302 g/mol. The fourth-order valence-corrected chi connectivity index (χ4v) is 3.75. The Bertz CT molecular complexity index is 701. The minimum atomic E-state index is -4.18. The Morgan fingerprint density at radius 3 is 2.55 bits per heavy atom. The van der Waals surface area contributed by atoms with E-state index in [0.717, 1.165) is 6.07 Å². The fourth-order valence-electron chi connectivity index (χ4n) is 2.06. The first kappa shape index (κ1) is 14.4. The van der Waals surface area contributed by atoms with Gasteiger partial charge in [0, 0.05) is 19.0 Å². The van der Waals surface area contributed by atoms with Crippen LogP contribution in [0.25, 0.3) is 0 Å². The van der Waals surface area contributed by atoms with Gasteiger partial charge in [0.1, 0.15) is 0 Å². The molecule has 1 fully saturated rings. The Labute approximate surface area is 114 Å². The van der Waals surface area contributed by atoms with Crippen molar-refractivity contribution in [2.24, 2.45) is 0 Å². The lowest BCUT2D eigenvalue weighted by molar-refractivity contribution is -0.387. The van der Waals surface area contributed by atoms with E-state index in [9.17, 15) is 27.7 Å². The van der Waals surface area contributed by atoms with Gasteiger partial charge in [-0.25, -0.2) is 12.7 Å². The summed E-state index contributed by atoms with van der Waals surface area (Å²) in [6, 6.07) is 1.44. The van der Waals surface area contributed by atoms with Crippen LogP contribution >= 0.6 is 0 Å². The number of nitrogens with zero attached hydrogens (tertiary/aromatic N) is 2. The molecule has 1 heterocycles. The van der Waals surface area contributed by atoms with Gasteiger partial charge in [-0.2, -0.15) is 4.39 Å². The molecule has 0 aliphatic carbocycles. The number of aryl methyl sites for hydroxylation is 1. The molecule has 0 saturated carbocycles. The van der Waals surface area contributed by atoms with Crippen molar-refractivity contribution in [1.29, 1.82) is 0 Å². The summed E-state index contributed by atoms with van der Waals surface area (Å²) in [6.07, 6.45) is 0.516. The van der Waals surface area contributed by atoms with Crippen LogP contribution in [0.15, 0.2) is 17.0 Å². The number of nitro groups is 1. The largest absolute Gasteiger partial charge is 0.306 e. The van der Waals surface area contributed by atoms with E-state index in [2.05, 4.69) is 0 Å². The second kappa shape index (κ2) is 4.82. The number of amides is 1. The number of rotatable bonds is 3. The van der Waals surface area contributed by atoms with Crippen molar-refractivity contribution >= 4 is 21.6 Å². The number of sulfonamides is 1. The maximum atomic E-state index is 13.4. The first-order valence-electron chi connectivity index (χ1n) is 5.75. The van der Waals surface area contributed by atoms with Gasteiger partial charge in [-0.05, 0) is 25.0 Å². The molecule has 20 heavy (non-hydrogen) atoms. The van der Waals surface area contributed by atoms with Crippen molar-refractivity contribution in [3.8, 4) is 0 Å². The van der Waals surface area contributed by atoms with Gasteiger partial charge in [0.25, 0.3) is 10.0 Å². The van der Waals surface area contributed by atoms with Crippen molar-refractivity contribution in [2.45, 2.75) is 24.7 Å². The zero-order valence-electron chi connectivity index (χ0n) is 10.5. The van der Waals surface area contributed by atoms with Gasteiger partial charge in [0.2, 0.25) is 11.7 Å². The van der Waals surface area contributed by atoms with E-state index in [4.69, 9.17) is 0 Å². The van der Waals surface area contributed by atoms with Crippen molar-refractivity contribution < 1.29 is 22.5 Å². The van der Waals surface area contributed by atoms with E-state index in [-0.39, 0.29) is 18.5 Å². The number of carbonyl (C=O) groups is 1. The third kappa shape index (κ3) is 2.24. The maximum Gasteiger partial charge on any atom is 0.306 e. The number of halogens is 1. The van der Waals surface area contributed by atoms with Gasteiger partial charge in [0.05, 0.1) is 9.82 Å². The van der Waals surface area contributed by atoms with Crippen LogP contribution in [0.5, 0.6) is 0 Å². The molecule has 1 aromatic carbocycles. The van der Waals surface area contributed by atoms with Crippen LogP contribution in [0.4, 0.5) is 10.1 Å². The van der Waals surface area contributed by atoms with E-state index >= 15 is 0 Å². The average Bonchev–Trinajstić information content (AvgIpc) is 2.75. The highest BCUT2D eigenvalue weighted by molar-refractivity contribution is 7.89. The Hall–Kier alpha value is -2.03. The lowest BCUT2D eigenvalue weighted by Gasteiger charge is -2.17. The van der Waals surface area contributed by atoms with E-state index in [1.165, 1.54) is 6.92 Å². The summed E-state index contributed by atoms with van der Waals surface area (Å²) >= 11 is 0. The zero-order valence-corrected chi connectivity index (χ0v) is 11.3. The molecule has 0 N–H and O–H groups in total. The molecule has 108 valence electrons. The maximum absolute atomic E-state index is 13.4. The second-order valence-corrected chi connectivity index (χ2v) is 6.23. The second-order valence-electron chi connectivity index (χ2n) is 4.40. The van der Waals surface area contributed by atoms with Crippen LogP contribution in [0.3, 0.4) is 0 Å². The number of benzene rings is 1. The van der Waals surface area contributed by atoms with Gasteiger partial charge < -0.3 is 0 Å². The number of nitro benzene ring substituents is 1. The Kier molecular flexibility index (Phi) is 3.46. The lowest BCUT2D eigenvalue weighted by Crippen LogP contribution is -2.32. The summed E-state index contributed by atoms with van der Waals surface area (Å²) in [4.78, 5) is 20.8. The summed E-state index contributed by atoms with van der Waals surface area (Å²) in [6.45, 7) is 1.35. The topological polar surface area (TPSA) is 97.6 Å². The minimum Gasteiger partial charge on any atom is -0.274 e. The van der Waals surface area contributed by atoms with Crippen LogP contribution < -0.4 is 0 Å². The fraction of sp³-hybridized carbons (Fsp3) is 0.364. The highest BCUT2D eigenvalue weighted by Gasteiger charge is 2.35. The average molecular weight is 302 g/mol. The van der Waals surface area contributed by atoms with Crippen LogP contribution in [0, 0.1) is 22.9 Å². The van der Waals surface area contributed by atoms with Crippen LogP contribution in [-0.4, -0.2) is 30.1 Å². The smallest absolute Gasteiger partial charge is 0.274 e. The van der Waals surface area contributed by atoms with Gasteiger partial charge in [0.15, 0.2) is 0 Å². The highest BCUT2D eigenvalue weighted by Crippen LogP contribution is 2.29. The summed E-state index contributed by atoms with van der Waals surface area (Å²) in [7, 11) is -4.18. The van der Waals surface area contributed by atoms with Crippen LogP contribution in [0.2, 0.25) is 0 Å². The van der Waals surface area contributed by atoms with Gasteiger partial charge >= 0.3 is 5.69 Å². The molecule has 0 bridgehead atoms. The summed E-state index contributed by atoms with van der Waals surface area (Å²) in [5.41, 5.74) is -0.909. The normalized spacial score (nSPS) is 15.7. The third-order valence-electron chi connectivity index (χ3n) is 3.04. The van der Waals surface area contributed by atoms with Gasteiger partial charge in [-0.3, -0.25) is 14.9 Å². The van der Waals surface area contributed by atoms with E-state index in [0.29, 0.717) is 16.8 Å². The van der Waals surface area contributed by atoms with Crippen molar-refractivity contribution in [2.75, 3.05) is 6.54 Å². The molecular formula is C11H11FN2O5S. The molecule has 0 aromatic heterocycles. The SMILES string of the molecule is Cc1cc(F)c([N+](=O)[O-])cc1S(=O)(=O)N1CCCC1=O. The highest BCUT2D eigenvalue weighted by atomic mass is 32.2. The predicted octanol–water partition coefficient (Wildman–Crippen LogP) is 1.35. The molecule has 0 atom stereocenters. The minimum absolute atomic E-state index is 0.0211. The van der Waals surface area contributed by atoms with E-state index < -0.39 is 37.3 Å². The van der Waals surface area contributed by atoms with Crippen molar-refractivity contribution in [1.82, 2.24) is 4.31 Å². The summed E-state index contributed by atoms with van der Waals surface area (Å²) < 4.78 is 38.7. The molecule has 9 heteroatoms. The van der Waals surface area contributed by atoms with E-state index in [1.807, 2.05) is 0 Å². The zero-order chi connectivity index (χ0) is 15.1. The molecule has 0 unspecified atom stereocenters. The molecule has 1 aliphatic rings. The molecule has 0 radical (unpaired) electrons. The number of hydrogen-bond acceptors (Lipinski definition) is 5. The Balaban J connectivity index is 2.60. The molecule has 1 amide bonds. The Morgan fingerprint density at radius 2 is 2.05 bits per heavy atom. The Morgan fingerprint density at radius 1 is 1.40 bits per heavy atom. The standard InChI is InChI=1S/C11H11FN2O5S/c1-7-5-8(12)9(14(16)17)6-10(7)20(18,19)13-4-2-3-11(13)15/h5-6H,2-4H2,1H3. The molecular weight excluding hydrogens is 291 g/mol. The quantitative estimate of drug-likeness (QED) is 0.620. The molecule has 1 aliphatic heterocycles. The van der Waals surface area contributed by atoms with E-state index in [1.54, 1.807) is 0 Å². The molecule has 1 saturated heterocycles. The van der Waals surface area contributed by atoms with Gasteiger partial charge in [-0.15, -0.1) is 0 Å². The summed E-state index contributed by atoms with van der Waals surface area (Å²) in [5.74, 6) is -1.67. The molecule has 7 nitrogen and oxygen atoms in total.